The lowest BCUT2D eigenvalue weighted by atomic mass is 9.97. The molecule has 1 heterocycles. The zero-order valence-corrected chi connectivity index (χ0v) is 27.4. The highest BCUT2D eigenvalue weighted by Crippen LogP contribution is 2.30. The quantitative estimate of drug-likeness (QED) is 0.169. The summed E-state index contributed by atoms with van der Waals surface area (Å²) in [5.74, 6) is 1.99. The molecule has 0 fully saturated rings. The molecular formula is C42H35N3Si. The summed E-state index contributed by atoms with van der Waals surface area (Å²) in [7, 11) is -1.29. The van der Waals surface area contributed by atoms with Gasteiger partial charge in [-0.15, -0.1) is 0 Å². The van der Waals surface area contributed by atoms with Crippen LogP contribution in [-0.2, 0) is 0 Å². The largest absolute Gasteiger partial charge is 0.208 e. The number of rotatable bonds is 7. The smallest absolute Gasteiger partial charge is 0.164 e. The molecule has 0 saturated heterocycles. The lowest BCUT2D eigenvalue weighted by molar-refractivity contribution is 1.07. The maximum atomic E-state index is 4.87. The molecule has 7 rings (SSSR count). The van der Waals surface area contributed by atoms with Gasteiger partial charge in [0.05, 0.1) is 8.07 Å². The van der Waals surface area contributed by atoms with Gasteiger partial charge in [-0.1, -0.05) is 183 Å². The number of hydrogen-bond acceptors (Lipinski definition) is 3. The third-order valence-corrected chi connectivity index (χ3v) is 10.4. The van der Waals surface area contributed by atoms with Crippen LogP contribution in [0.1, 0.15) is 0 Å². The molecule has 0 radical (unpaired) electrons. The first kappa shape index (κ1) is 29.3. The van der Waals surface area contributed by atoms with E-state index in [2.05, 4.69) is 117 Å². The summed E-state index contributed by atoms with van der Waals surface area (Å²) in [5.41, 5.74) is 10.1. The van der Waals surface area contributed by atoms with Crippen LogP contribution >= 0.6 is 0 Å². The first-order chi connectivity index (χ1) is 22.4. The second kappa shape index (κ2) is 12.5. The van der Waals surface area contributed by atoms with Crippen LogP contribution in [0.5, 0.6) is 0 Å². The van der Waals surface area contributed by atoms with E-state index in [4.69, 9.17) is 15.0 Å². The summed E-state index contributed by atoms with van der Waals surface area (Å²) in [4.78, 5) is 14.5. The van der Waals surface area contributed by atoms with E-state index < -0.39 is 8.07 Å². The predicted octanol–water partition coefficient (Wildman–Crippen LogP) is 10.4. The highest BCUT2D eigenvalue weighted by molar-refractivity contribution is 6.88. The summed E-state index contributed by atoms with van der Waals surface area (Å²) in [5, 5.41) is 1.49. The maximum Gasteiger partial charge on any atom is 0.164 e. The van der Waals surface area contributed by atoms with Crippen LogP contribution in [0, 0.1) is 0 Å². The lowest BCUT2D eigenvalue weighted by Crippen LogP contribution is -2.37. The van der Waals surface area contributed by atoms with Gasteiger partial charge in [0, 0.05) is 16.7 Å². The van der Waals surface area contributed by atoms with Crippen molar-refractivity contribution in [2.75, 3.05) is 0 Å². The van der Waals surface area contributed by atoms with E-state index in [0.717, 1.165) is 22.3 Å². The average Bonchev–Trinajstić information content (AvgIpc) is 3.12. The van der Waals surface area contributed by atoms with Crippen molar-refractivity contribution in [1.29, 1.82) is 0 Å². The summed E-state index contributed by atoms with van der Waals surface area (Å²) in [6.45, 7) is 7.16. The Morgan fingerprint density at radius 3 is 0.804 bits per heavy atom. The Labute approximate surface area is 272 Å². The Kier molecular flexibility index (Phi) is 7.96. The summed E-state index contributed by atoms with van der Waals surface area (Å²) in [6, 6.07) is 55.4. The molecule has 0 N–H and O–H groups in total. The molecule has 0 atom stereocenters. The molecule has 0 saturated carbocycles. The second-order valence-electron chi connectivity index (χ2n) is 12.6. The molecule has 222 valence electrons. The van der Waals surface area contributed by atoms with Gasteiger partial charge in [-0.2, -0.15) is 0 Å². The van der Waals surface area contributed by atoms with Crippen LogP contribution in [0.15, 0.2) is 158 Å². The summed E-state index contributed by atoms with van der Waals surface area (Å²) in [6.07, 6.45) is 0. The number of aromatic nitrogens is 3. The van der Waals surface area contributed by atoms with E-state index in [1.54, 1.807) is 0 Å². The topological polar surface area (TPSA) is 38.7 Å². The molecule has 46 heavy (non-hydrogen) atoms. The van der Waals surface area contributed by atoms with E-state index in [1.165, 1.54) is 33.0 Å². The zero-order valence-electron chi connectivity index (χ0n) is 26.4. The van der Waals surface area contributed by atoms with Crippen LogP contribution in [0.4, 0.5) is 0 Å². The number of hydrogen-bond donors (Lipinski definition) is 0. The monoisotopic (exact) mass is 609 g/mol. The molecule has 4 heteroatoms. The van der Waals surface area contributed by atoms with Gasteiger partial charge in [-0.05, 0) is 33.4 Å². The van der Waals surface area contributed by atoms with E-state index in [-0.39, 0.29) is 0 Å². The molecule has 0 amide bonds. The molecule has 0 bridgehead atoms. The minimum Gasteiger partial charge on any atom is -0.208 e. The SMILES string of the molecule is C[Si](C)(C)c1ccc(-c2ccc(-c3ccc(-c4ccc(-c5nc(-c6ccccc6)nc(-c6ccccc6)n5)cc4)cc3)cc2)cc1. The van der Waals surface area contributed by atoms with Crippen LogP contribution in [0.2, 0.25) is 19.6 Å². The molecule has 1 aromatic heterocycles. The van der Waals surface area contributed by atoms with E-state index in [1.807, 2.05) is 60.7 Å². The third kappa shape index (κ3) is 6.34. The van der Waals surface area contributed by atoms with Gasteiger partial charge in [-0.25, -0.2) is 15.0 Å². The van der Waals surface area contributed by atoms with Crippen molar-refractivity contribution >= 4 is 13.3 Å². The molecule has 0 unspecified atom stereocenters. The lowest BCUT2D eigenvalue weighted by Gasteiger charge is -2.16. The van der Waals surface area contributed by atoms with Crippen molar-refractivity contribution < 1.29 is 0 Å². The average molecular weight is 610 g/mol. The number of nitrogens with zero attached hydrogens (tertiary/aromatic N) is 3. The van der Waals surface area contributed by atoms with Gasteiger partial charge in [0.2, 0.25) is 0 Å². The van der Waals surface area contributed by atoms with Crippen LogP contribution in [0.3, 0.4) is 0 Å². The van der Waals surface area contributed by atoms with Gasteiger partial charge < -0.3 is 0 Å². The van der Waals surface area contributed by atoms with E-state index in [9.17, 15) is 0 Å². The minimum absolute atomic E-state index is 0.657. The molecule has 0 aliphatic carbocycles. The van der Waals surface area contributed by atoms with Crippen molar-refractivity contribution in [1.82, 2.24) is 15.0 Å². The van der Waals surface area contributed by atoms with Crippen molar-refractivity contribution in [3.05, 3.63) is 158 Å². The first-order valence-corrected chi connectivity index (χ1v) is 19.2. The van der Waals surface area contributed by atoms with Crippen LogP contribution < -0.4 is 5.19 Å². The van der Waals surface area contributed by atoms with Crippen molar-refractivity contribution in [3.63, 3.8) is 0 Å². The van der Waals surface area contributed by atoms with E-state index in [0.29, 0.717) is 17.5 Å². The van der Waals surface area contributed by atoms with Crippen molar-refractivity contribution in [2.45, 2.75) is 19.6 Å². The molecule has 0 spiro atoms. The fraction of sp³-hybridized carbons (Fsp3) is 0.0714. The predicted molar refractivity (Wildman–Crippen MR) is 195 cm³/mol. The molecule has 6 aromatic carbocycles. The first-order valence-electron chi connectivity index (χ1n) is 15.7. The van der Waals surface area contributed by atoms with Crippen molar-refractivity contribution in [3.8, 4) is 67.5 Å². The number of benzene rings is 6. The normalized spacial score (nSPS) is 11.4. The highest BCUT2D eigenvalue weighted by atomic mass is 28.3. The van der Waals surface area contributed by atoms with Crippen LogP contribution in [0.25, 0.3) is 67.5 Å². The Hall–Kier alpha value is -5.45. The molecule has 0 aliphatic rings. The molecule has 0 aliphatic heterocycles. The Morgan fingerprint density at radius 1 is 0.283 bits per heavy atom. The maximum absolute atomic E-state index is 4.87. The van der Waals surface area contributed by atoms with Gasteiger partial charge in [0.25, 0.3) is 0 Å². The fourth-order valence-electron chi connectivity index (χ4n) is 5.62. The Morgan fingerprint density at radius 2 is 0.522 bits per heavy atom. The highest BCUT2D eigenvalue weighted by Gasteiger charge is 2.16. The van der Waals surface area contributed by atoms with Gasteiger partial charge in [0.15, 0.2) is 17.5 Å². The van der Waals surface area contributed by atoms with Gasteiger partial charge >= 0.3 is 0 Å². The Bertz CT molecular complexity index is 2010. The standard InChI is InChI=1S/C42H35N3Si/c1-46(2,3)39-28-26-35(27-29-39)33-20-18-31(19-21-33)30-14-16-32(17-15-30)34-22-24-38(25-23-34)42-44-40(36-10-6-4-7-11-36)43-41(45-42)37-12-8-5-9-13-37/h4-29H,1-3H3. The van der Waals surface area contributed by atoms with Crippen molar-refractivity contribution in [2.24, 2.45) is 0 Å². The molecular weight excluding hydrogens is 575 g/mol. The fourth-order valence-corrected chi connectivity index (χ4v) is 6.79. The molecule has 7 aromatic rings. The Balaban J connectivity index is 1.11. The summed E-state index contributed by atoms with van der Waals surface area (Å²) >= 11 is 0. The molecule has 3 nitrogen and oxygen atoms in total. The minimum atomic E-state index is -1.29. The summed E-state index contributed by atoms with van der Waals surface area (Å²) < 4.78 is 0. The van der Waals surface area contributed by atoms with Gasteiger partial charge in [0.1, 0.15) is 0 Å². The zero-order chi connectivity index (χ0) is 31.5. The van der Waals surface area contributed by atoms with Gasteiger partial charge in [-0.3, -0.25) is 0 Å². The van der Waals surface area contributed by atoms with Crippen LogP contribution in [-0.4, -0.2) is 23.0 Å². The van der Waals surface area contributed by atoms with E-state index >= 15 is 0 Å². The third-order valence-electron chi connectivity index (χ3n) is 8.36. The second-order valence-corrected chi connectivity index (χ2v) is 17.7.